The van der Waals surface area contributed by atoms with Gasteiger partial charge in [0.2, 0.25) is 5.91 Å². The minimum atomic E-state index is -0.922. The van der Waals surface area contributed by atoms with E-state index in [4.69, 9.17) is 4.74 Å². The molecule has 0 radical (unpaired) electrons. The summed E-state index contributed by atoms with van der Waals surface area (Å²) in [6.07, 6.45) is 1.67. The minimum absolute atomic E-state index is 0.153. The quantitative estimate of drug-likeness (QED) is 0.743. The van der Waals surface area contributed by atoms with E-state index in [1.807, 2.05) is 13.8 Å². The van der Waals surface area contributed by atoms with E-state index in [1.54, 1.807) is 0 Å². The average Bonchev–Trinajstić information content (AvgIpc) is 2.37. The molecule has 6 heteroatoms. The molecule has 2 unspecified atom stereocenters. The van der Waals surface area contributed by atoms with Crippen molar-refractivity contribution < 1.29 is 19.4 Å². The van der Waals surface area contributed by atoms with Crippen molar-refractivity contribution in [1.29, 1.82) is 0 Å². The van der Waals surface area contributed by atoms with Gasteiger partial charge in [-0.2, -0.15) is 0 Å². The van der Waals surface area contributed by atoms with E-state index in [0.717, 1.165) is 12.8 Å². The highest BCUT2D eigenvalue weighted by Crippen LogP contribution is 2.35. The molecule has 0 aromatic carbocycles. The van der Waals surface area contributed by atoms with Crippen molar-refractivity contribution in [3.63, 3.8) is 0 Å². The lowest BCUT2D eigenvalue weighted by Gasteiger charge is -2.45. The molecule has 2 heterocycles. The largest absolute Gasteiger partial charge is 0.480 e. The highest BCUT2D eigenvalue weighted by atomic mass is 16.5. The molecule has 2 aliphatic rings. The van der Waals surface area contributed by atoms with Crippen molar-refractivity contribution in [2.24, 2.45) is 5.41 Å². The summed E-state index contributed by atoms with van der Waals surface area (Å²) in [6, 6.07) is -1.16. The Labute approximate surface area is 113 Å². The Morgan fingerprint density at radius 2 is 2.16 bits per heavy atom. The maximum atomic E-state index is 12.5. The second-order valence-electron chi connectivity index (χ2n) is 5.95. The topological polar surface area (TPSA) is 78.9 Å². The number of carbonyl (C=O) groups excluding carboxylic acids is 1. The number of nitrogens with one attached hydrogen (secondary N) is 1. The van der Waals surface area contributed by atoms with Crippen LogP contribution in [0.1, 0.15) is 26.7 Å². The molecule has 2 aliphatic heterocycles. The molecule has 2 fully saturated rings. The molecule has 2 N–H and O–H groups in total. The molecule has 2 saturated heterocycles. The normalized spacial score (nSPS) is 30.9. The van der Waals surface area contributed by atoms with Crippen molar-refractivity contribution in [3.8, 4) is 0 Å². The fourth-order valence-electron chi connectivity index (χ4n) is 3.02. The first-order chi connectivity index (χ1) is 8.93. The second kappa shape index (κ2) is 5.46. The van der Waals surface area contributed by atoms with Gasteiger partial charge in [0.15, 0.2) is 0 Å². The number of nitrogens with zero attached hydrogens (tertiary/aromatic N) is 1. The summed E-state index contributed by atoms with van der Waals surface area (Å²) in [4.78, 5) is 25.5. The van der Waals surface area contributed by atoms with E-state index in [1.165, 1.54) is 4.90 Å². The molecule has 2 atom stereocenters. The summed E-state index contributed by atoms with van der Waals surface area (Å²) in [5.74, 6) is -1.07. The van der Waals surface area contributed by atoms with E-state index in [2.05, 4.69) is 5.32 Å². The number of carboxylic acids is 1. The van der Waals surface area contributed by atoms with E-state index in [9.17, 15) is 14.7 Å². The molecule has 0 aliphatic carbocycles. The molecule has 108 valence electrons. The van der Waals surface area contributed by atoms with Crippen molar-refractivity contribution in [2.75, 3.05) is 26.3 Å². The van der Waals surface area contributed by atoms with Gasteiger partial charge in [-0.25, -0.2) is 4.79 Å². The van der Waals surface area contributed by atoms with Gasteiger partial charge in [-0.1, -0.05) is 13.8 Å². The Morgan fingerprint density at radius 3 is 2.74 bits per heavy atom. The van der Waals surface area contributed by atoms with Gasteiger partial charge in [-0.05, 0) is 18.3 Å². The zero-order valence-electron chi connectivity index (χ0n) is 11.5. The van der Waals surface area contributed by atoms with Gasteiger partial charge in [0.25, 0.3) is 0 Å². The predicted octanol–water partition coefficient (Wildman–Crippen LogP) is 0.0766. The van der Waals surface area contributed by atoms with Crippen LogP contribution in [-0.4, -0.2) is 60.3 Å². The fraction of sp³-hybridized carbons (Fsp3) is 0.846. The van der Waals surface area contributed by atoms with Crippen LogP contribution in [0.2, 0.25) is 0 Å². The van der Waals surface area contributed by atoms with Crippen LogP contribution in [0.5, 0.6) is 0 Å². The van der Waals surface area contributed by atoms with Crippen LogP contribution in [-0.2, 0) is 14.3 Å². The number of ether oxygens (including phenoxy) is 1. The van der Waals surface area contributed by atoms with Crippen LogP contribution in [0, 0.1) is 5.41 Å². The SMILES string of the molecule is CC1(C)CCCN(C(=O)C2COCCN2)C1C(=O)O. The Kier molecular flexibility index (Phi) is 4.10. The van der Waals surface area contributed by atoms with Gasteiger partial charge in [0.05, 0.1) is 13.2 Å². The molecule has 2 rings (SSSR count). The van der Waals surface area contributed by atoms with E-state index in [-0.39, 0.29) is 5.91 Å². The van der Waals surface area contributed by atoms with Crippen LogP contribution in [0.15, 0.2) is 0 Å². The Morgan fingerprint density at radius 1 is 1.42 bits per heavy atom. The molecule has 0 bridgehead atoms. The molecule has 6 nitrogen and oxygen atoms in total. The molecule has 0 saturated carbocycles. The molecule has 0 aromatic rings. The fourth-order valence-corrected chi connectivity index (χ4v) is 3.02. The summed E-state index contributed by atoms with van der Waals surface area (Å²) < 4.78 is 5.28. The standard InChI is InChI=1S/C13H22N2O4/c1-13(2)4-3-6-15(10(13)12(17)18)11(16)9-8-19-7-5-14-9/h9-10,14H,3-8H2,1-2H3,(H,17,18). The van der Waals surface area contributed by atoms with Gasteiger partial charge in [-0.3, -0.25) is 4.79 Å². The monoisotopic (exact) mass is 270 g/mol. The number of likely N-dealkylation sites (tertiary alicyclic amines) is 1. The maximum absolute atomic E-state index is 12.5. The third-order valence-electron chi connectivity index (χ3n) is 4.01. The third-order valence-corrected chi connectivity index (χ3v) is 4.01. The van der Waals surface area contributed by atoms with Gasteiger partial charge in [0.1, 0.15) is 12.1 Å². The Bertz CT molecular complexity index is 364. The first-order valence-electron chi connectivity index (χ1n) is 6.78. The highest BCUT2D eigenvalue weighted by Gasteiger charge is 2.45. The van der Waals surface area contributed by atoms with Crippen LogP contribution in [0.3, 0.4) is 0 Å². The number of piperidine rings is 1. The van der Waals surface area contributed by atoms with Crippen LogP contribution >= 0.6 is 0 Å². The lowest BCUT2D eigenvalue weighted by atomic mass is 9.76. The van der Waals surface area contributed by atoms with E-state index < -0.39 is 23.5 Å². The number of rotatable bonds is 2. The van der Waals surface area contributed by atoms with Crippen molar-refractivity contribution in [2.45, 2.75) is 38.8 Å². The number of aliphatic carboxylic acids is 1. The van der Waals surface area contributed by atoms with E-state index in [0.29, 0.717) is 26.3 Å². The van der Waals surface area contributed by atoms with Gasteiger partial charge in [0, 0.05) is 13.1 Å². The first kappa shape index (κ1) is 14.3. The third kappa shape index (κ3) is 2.90. The lowest BCUT2D eigenvalue weighted by molar-refractivity contribution is -0.161. The summed E-state index contributed by atoms with van der Waals surface area (Å²) in [6.45, 7) is 5.88. The predicted molar refractivity (Wildman–Crippen MR) is 68.8 cm³/mol. The molecule has 19 heavy (non-hydrogen) atoms. The number of hydrogen-bond acceptors (Lipinski definition) is 4. The van der Waals surface area contributed by atoms with Crippen LogP contribution in [0.25, 0.3) is 0 Å². The lowest BCUT2D eigenvalue weighted by Crippen LogP contribution is -2.61. The van der Waals surface area contributed by atoms with Gasteiger partial charge < -0.3 is 20.1 Å². The zero-order valence-corrected chi connectivity index (χ0v) is 11.5. The van der Waals surface area contributed by atoms with Gasteiger partial charge >= 0.3 is 5.97 Å². The van der Waals surface area contributed by atoms with Crippen molar-refractivity contribution in [3.05, 3.63) is 0 Å². The number of carbonyl (C=O) groups is 2. The number of carboxylic acid groups (broad SMARTS) is 1. The Hall–Kier alpha value is -1.14. The Balaban J connectivity index is 2.15. The first-order valence-corrected chi connectivity index (χ1v) is 6.78. The number of morpholine rings is 1. The average molecular weight is 270 g/mol. The minimum Gasteiger partial charge on any atom is -0.480 e. The molecule has 0 aromatic heterocycles. The maximum Gasteiger partial charge on any atom is 0.326 e. The molecule has 1 amide bonds. The summed E-state index contributed by atoms with van der Waals surface area (Å²) in [7, 11) is 0. The molecular formula is C13H22N2O4. The zero-order chi connectivity index (χ0) is 14.0. The number of hydrogen-bond donors (Lipinski definition) is 2. The second-order valence-corrected chi connectivity index (χ2v) is 5.95. The van der Waals surface area contributed by atoms with Crippen LogP contribution in [0.4, 0.5) is 0 Å². The number of amides is 1. The van der Waals surface area contributed by atoms with Crippen LogP contribution < -0.4 is 5.32 Å². The van der Waals surface area contributed by atoms with Gasteiger partial charge in [-0.15, -0.1) is 0 Å². The summed E-state index contributed by atoms with van der Waals surface area (Å²) in [5.41, 5.74) is -0.394. The van der Waals surface area contributed by atoms with E-state index >= 15 is 0 Å². The van der Waals surface area contributed by atoms with Crippen molar-refractivity contribution >= 4 is 11.9 Å². The molecular weight excluding hydrogens is 248 g/mol. The highest BCUT2D eigenvalue weighted by molar-refractivity contribution is 5.88. The molecule has 0 spiro atoms. The van der Waals surface area contributed by atoms with Crippen molar-refractivity contribution in [1.82, 2.24) is 10.2 Å². The summed E-state index contributed by atoms with van der Waals surface area (Å²) >= 11 is 0. The summed E-state index contributed by atoms with van der Waals surface area (Å²) in [5, 5.41) is 12.5. The smallest absolute Gasteiger partial charge is 0.326 e.